The number of nitrogens with zero attached hydrogens (tertiary/aromatic N) is 1. The molecule has 0 spiro atoms. The van der Waals surface area contributed by atoms with Gasteiger partial charge in [0.1, 0.15) is 11.6 Å². The van der Waals surface area contributed by atoms with Crippen LogP contribution in [0.3, 0.4) is 0 Å². The molecular formula is C15H13NO2. The van der Waals surface area contributed by atoms with Crippen molar-refractivity contribution in [1.29, 1.82) is 5.26 Å². The molecule has 0 saturated carbocycles. The molecule has 0 N–H and O–H groups in total. The molecule has 0 amide bonds. The van der Waals surface area contributed by atoms with E-state index < -0.39 is 0 Å². The zero-order valence-electron chi connectivity index (χ0n) is 10.3. The number of nitriles is 1. The van der Waals surface area contributed by atoms with E-state index in [4.69, 9.17) is 9.47 Å². The van der Waals surface area contributed by atoms with Gasteiger partial charge >= 0.3 is 0 Å². The summed E-state index contributed by atoms with van der Waals surface area (Å²) in [6, 6.07) is 15.6. The Morgan fingerprint density at radius 1 is 0.944 bits per heavy atom. The third-order valence-electron chi connectivity index (χ3n) is 2.74. The van der Waals surface area contributed by atoms with Crippen LogP contribution in [0.4, 0.5) is 0 Å². The highest BCUT2D eigenvalue weighted by Gasteiger charge is 2.15. The molecule has 0 aliphatic heterocycles. The molecule has 0 saturated heterocycles. The molecule has 0 atom stereocenters. The average Bonchev–Trinajstić information content (AvgIpc) is 2.46. The predicted molar refractivity (Wildman–Crippen MR) is 69.7 cm³/mol. The molecule has 0 unspecified atom stereocenters. The van der Waals surface area contributed by atoms with Gasteiger partial charge in [-0.05, 0) is 17.7 Å². The largest absolute Gasteiger partial charge is 0.493 e. The Hall–Kier alpha value is -2.47. The first-order chi connectivity index (χ1) is 8.81. The zero-order chi connectivity index (χ0) is 13.0. The Labute approximate surface area is 106 Å². The van der Waals surface area contributed by atoms with E-state index in [0.29, 0.717) is 17.1 Å². The van der Waals surface area contributed by atoms with Crippen molar-refractivity contribution in [2.45, 2.75) is 0 Å². The van der Waals surface area contributed by atoms with Gasteiger partial charge < -0.3 is 9.47 Å². The predicted octanol–water partition coefficient (Wildman–Crippen LogP) is 3.24. The molecular weight excluding hydrogens is 226 g/mol. The van der Waals surface area contributed by atoms with Crippen molar-refractivity contribution in [2.75, 3.05) is 14.2 Å². The third-order valence-corrected chi connectivity index (χ3v) is 2.74. The maximum atomic E-state index is 9.33. The Balaban J connectivity index is 2.67. The smallest absolute Gasteiger partial charge is 0.179 e. The SMILES string of the molecule is COc1ccc(-c2ccccc2)c(C#N)c1OC. The summed E-state index contributed by atoms with van der Waals surface area (Å²) in [5, 5.41) is 9.33. The van der Waals surface area contributed by atoms with Crippen LogP contribution in [0, 0.1) is 11.3 Å². The lowest BCUT2D eigenvalue weighted by Crippen LogP contribution is -1.95. The lowest BCUT2D eigenvalue weighted by Gasteiger charge is -2.12. The van der Waals surface area contributed by atoms with E-state index in [2.05, 4.69) is 6.07 Å². The van der Waals surface area contributed by atoms with E-state index in [1.165, 1.54) is 7.11 Å². The maximum Gasteiger partial charge on any atom is 0.179 e. The van der Waals surface area contributed by atoms with Crippen LogP contribution < -0.4 is 9.47 Å². The van der Waals surface area contributed by atoms with Crippen LogP contribution in [0.5, 0.6) is 11.5 Å². The average molecular weight is 239 g/mol. The van der Waals surface area contributed by atoms with Gasteiger partial charge in [0.25, 0.3) is 0 Å². The maximum absolute atomic E-state index is 9.33. The normalized spacial score (nSPS) is 9.61. The molecule has 0 radical (unpaired) electrons. The number of rotatable bonds is 3. The molecule has 0 aliphatic carbocycles. The fourth-order valence-electron chi connectivity index (χ4n) is 1.90. The first-order valence-corrected chi connectivity index (χ1v) is 5.52. The topological polar surface area (TPSA) is 42.2 Å². The highest BCUT2D eigenvalue weighted by atomic mass is 16.5. The fraction of sp³-hybridized carbons (Fsp3) is 0.133. The van der Waals surface area contributed by atoms with Gasteiger partial charge in [-0.2, -0.15) is 5.26 Å². The van der Waals surface area contributed by atoms with Crippen LogP contribution in [0.1, 0.15) is 5.56 Å². The van der Waals surface area contributed by atoms with Crippen LogP contribution in [-0.2, 0) is 0 Å². The van der Waals surface area contributed by atoms with Crippen molar-refractivity contribution in [2.24, 2.45) is 0 Å². The minimum Gasteiger partial charge on any atom is -0.493 e. The lowest BCUT2D eigenvalue weighted by molar-refractivity contribution is 0.354. The van der Waals surface area contributed by atoms with Gasteiger partial charge in [0.05, 0.1) is 14.2 Å². The van der Waals surface area contributed by atoms with Gasteiger partial charge in [-0.1, -0.05) is 30.3 Å². The summed E-state index contributed by atoms with van der Waals surface area (Å²) < 4.78 is 10.5. The zero-order valence-corrected chi connectivity index (χ0v) is 10.3. The number of hydrogen-bond acceptors (Lipinski definition) is 3. The van der Waals surface area contributed by atoms with Crippen LogP contribution in [0.2, 0.25) is 0 Å². The minimum absolute atomic E-state index is 0.473. The molecule has 0 heterocycles. The second-order valence-electron chi connectivity index (χ2n) is 3.70. The monoisotopic (exact) mass is 239 g/mol. The minimum atomic E-state index is 0.473. The Bertz CT molecular complexity index is 585. The van der Waals surface area contributed by atoms with Crippen molar-refractivity contribution in [3.8, 4) is 28.7 Å². The van der Waals surface area contributed by atoms with Gasteiger partial charge in [-0.3, -0.25) is 0 Å². The Kier molecular flexibility index (Phi) is 3.49. The van der Waals surface area contributed by atoms with Gasteiger partial charge in [0, 0.05) is 5.56 Å². The summed E-state index contributed by atoms with van der Waals surface area (Å²) in [5.74, 6) is 1.04. The summed E-state index contributed by atoms with van der Waals surface area (Å²) in [6.45, 7) is 0. The van der Waals surface area contributed by atoms with Crippen LogP contribution in [0.15, 0.2) is 42.5 Å². The van der Waals surface area contributed by atoms with Gasteiger partial charge in [0.15, 0.2) is 11.5 Å². The molecule has 2 aromatic rings. The van der Waals surface area contributed by atoms with Crippen LogP contribution in [0.25, 0.3) is 11.1 Å². The van der Waals surface area contributed by atoms with Crippen molar-refractivity contribution in [1.82, 2.24) is 0 Å². The number of methoxy groups -OCH3 is 2. The first kappa shape index (κ1) is 12.0. The molecule has 3 heteroatoms. The quantitative estimate of drug-likeness (QED) is 0.825. The molecule has 0 fully saturated rings. The van der Waals surface area contributed by atoms with Crippen LogP contribution >= 0.6 is 0 Å². The third kappa shape index (κ3) is 2.01. The van der Waals surface area contributed by atoms with E-state index in [0.717, 1.165) is 11.1 Å². The highest BCUT2D eigenvalue weighted by Crippen LogP contribution is 2.37. The van der Waals surface area contributed by atoms with E-state index in [-0.39, 0.29) is 0 Å². The van der Waals surface area contributed by atoms with Gasteiger partial charge in [0.2, 0.25) is 0 Å². The molecule has 18 heavy (non-hydrogen) atoms. The fourth-order valence-corrected chi connectivity index (χ4v) is 1.90. The van der Waals surface area contributed by atoms with Crippen molar-refractivity contribution in [3.63, 3.8) is 0 Å². The molecule has 90 valence electrons. The molecule has 2 rings (SSSR count). The summed E-state index contributed by atoms with van der Waals surface area (Å²) >= 11 is 0. The molecule has 2 aromatic carbocycles. The number of ether oxygens (including phenoxy) is 2. The molecule has 3 nitrogen and oxygen atoms in total. The first-order valence-electron chi connectivity index (χ1n) is 5.52. The Morgan fingerprint density at radius 2 is 1.67 bits per heavy atom. The van der Waals surface area contributed by atoms with Gasteiger partial charge in [-0.15, -0.1) is 0 Å². The number of benzene rings is 2. The summed E-state index contributed by atoms with van der Waals surface area (Å²) in [4.78, 5) is 0. The molecule has 0 bridgehead atoms. The second-order valence-corrected chi connectivity index (χ2v) is 3.70. The summed E-state index contributed by atoms with van der Waals surface area (Å²) in [6.07, 6.45) is 0. The Morgan fingerprint density at radius 3 is 2.22 bits per heavy atom. The lowest BCUT2D eigenvalue weighted by atomic mass is 9.99. The highest BCUT2D eigenvalue weighted by molar-refractivity contribution is 5.75. The summed E-state index contributed by atoms with van der Waals surface area (Å²) in [7, 11) is 3.09. The van der Waals surface area contributed by atoms with E-state index in [1.807, 2.05) is 42.5 Å². The molecule has 0 aliphatic rings. The standard InChI is InChI=1S/C15H13NO2/c1-17-14-9-8-12(11-6-4-3-5-7-11)13(10-16)15(14)18-2/h3-9H,1-2H3. The van der Waals surface area contributed by atoms with Crippen LogP contribution in [-0.4, -0.2) is 14.2 Å². The van der Waals surface area contributed by atoms with Crippen molar-refractivity contribution in [3.05, 3.63) is 48.0 Å². The van der Waals surface area contributed by atoms with Gasteiger partial charge in [-0.25, -0.2) is 0 Å². The summed E-state index contributed by atoms with van der Waals surface area (Å²) in [5.41, 5.74) is 2.31. The number of hydrogen-bond donors (Lipinski definition) is 0. The van der Waals surface area contributed by atoms with E-state index in [9.17, 15) is 5.26 Å². The molecule has 0 aromatic heterocycles. The van der Waals surface area contributed by atoms with E-state index >= 15 is 0 Å². The van der Waals surface area contributed by atoms with Crippen molar-refractivity contribution >= 4 is 0 Å². The second kappa shape index (κ2) is 5.24. The van der Waals surface area contributed by atoms with Crippen molar-refractivity contribution < 1.29 is 9.47 Å². The van der Waals surface area contributed by atoms with E-state index in [1.54, 1.807) is 7.11 Å².